The molecule has 0 radical (unpaired) electrons. The molecule has 0 spiro atoms. The molecule has 4 rings (SSSR count). The van der Waals surface area contributed by atoms with Gasteiger partial charge in [-0.15, -0.1) is 11.3 Å². The van der Waals surface area contributed by atoms with E-state index in [4.69, 9.17) is 27.9 Å². The van der Waals surface area contributed by atoms with Crippen LogP contribution in [0.15, 0.2) is 41.9 Å². The quantitative estimate of drug-likeness (QED) is 0.509. The van der Waals surface area contributed by atoms with Crippen molar-refractivity contribution < 1.29 is 9.84 Å². The minimum atomic E-state index is -0.545. The van der Waals surface area contributed by atoms with Crippen molar-refractivity contribution in [3.63, 3.8) is 0 Å². The van der Waals surface area contributed by atoms with Gasteiger partial charge in [-0.05, 0) is 61.8 Å². The molecule has 0 saturated carbocycles. The average Bonchev–Trinajstić information content (AvgIpc) is 3.22. The predicted molar refractivity (Wildman–Crippen MR) is 124 cm³/mol. The molecule has 3 aromatic rings. The zero-order chi connectivity index (χ0) is 20.9. The molecule has 1 aliphatic rings. The summed E-state index contributed by atoms with van der Waals surface area (Å²) in [4.78, 5) is 6.68. The Morgan fingerprint density at radius 3 is 2.80 bits per heavy atom. The third kappa shape index (κ3) is 5.84. The molecule has 5 nitrogen and oxygen atoms in total. The van der Waals surface area contributed by atoms with Crippen LogP contribution in [0, 0.1) is 0 Å². The molecule has 0 aliphatic carbocycles. The number of aliphatic hydroxyl groups is 1. The summed E-state index contributed by atoms with van der Waals surface area (Å²) in [7, 11) is 0. The Morgan fingerprint density at radius 1 is 1.17 bits per heavy atom. The van der Waals surface area contributed by atoms with Gasteiger partial charge in [0.2, 0.25) is 0 Å². The van der Waals surface area contributed by atoms with E-state index in [-0.39, 0.29) is 6.61 Å². The number of halogens is 2. The fourth-order valence-corrected chi connectivity index (χ4v) is 4.70. The van der Waals surface area contributed by atoms with Gasteiger partial charge in [0, 0.05) is 19.1 Å². The van der Waals surface area contributed by atoms with E-state index in [2.05, 4.69) is 15.2 Å². The highest BCUT2D eigenvalue weighted by Crippen LogP contribution is 2.25. The first kappa shape index (κ1) is 21.8. The van der Waals surface area contributed by atoms with Crippen LogP contribution in [0.5, 0.6) is 5.75 Å². The van der Waals surface area contributed by atoms with E-state index in [1.165, 1.54) is 5.56 Å². The topological polar surface area (TPSA) is 57.6 Å². The summed E-state index contributed by atoms with van der Waals surface area (Å²) in [6.45, 7) is 3.71. The van der Waals surface area contributed by atoms with Crippen molar-refractivity contribution in [2.24, 2.45) is 0 Å². The lowest BCUT2D eigenvalue weighted by atomic mass is 10.0. The Bertz CT molecular complexity index is 976. The van der Waals surface area contributed by atoms with Gasteiger partial charge in [-0.2, -0.15) is 0 Å². The molecule has 8 heteroatoms. The smallest absolute Gasteiger partial charge is 0.121 e. The highest BCUT2D eigenvalue weighted by atomic mass is 35.5. The Labute approximate surface area is 190 Å². The van der Waals surface area contributed by atoms with Gasteiger partial charge < -0.3 is 15.2 Å². The minimum absolute atomic E-state index is 0.271. The lowest BCUT2D eigenvalue weighted by molar-refractivity contribution is 0.0980. The number of hydrogen-bond acceptors (Lipinski definition) is 6. The van der Waals surface area contributed by atoms with Crippen LogP contribution in [-0.2, 0) is 6.54 Å². The Kier molecular flexibility index (Phi) is 7.46. The number of aromatic nitrogens is 1. The molecule has 1 fully saturated rings. The molecule has 0 bridgehead atoms. The normalized spacial score (nSPS) is 16.8. The van der Waals surface area contributed by atoms with Crippen LogP contribution in [-0.4, -0.2) is 53.4 Å². The highest BCUT2D eigenvalue weighted by molar-refractivity contribution is 7.16. The summed E-state index contributed by atoms with van der Waals surface area (Å²) in [5.74, 6) is 0.765. The molecule has 1 aliphatic heterocycles. The summed E-state index contributed by atoms with van der Waals surface area (Å²) in [5, 5.41) is 15.0. The zero-order valence-corrected chi connectivity index (χ0v) is 18.9. The number of rotatable bonds is 8. The largest absolute Gasteiger partial charge is 0.491 e. The van der Waals surface area contributed by atoms with E-state index in [0.29, 0.717) is 22.6 Å². The molecule has 1 saturated heterocycles. The standard InChI is InChI=1S/C22H25Cl2N3O2S/c23-19-3-1-15(9-20(19)24)12-27-7-5-16(6-8-27)25-11-17(28)13-29-18-2-4-21-22(10-18)30-14-26-21/h1-4,9-10,14,16-17,25,28H,5-8,11-13H2/t17-/m1/s1. The second-order valence-corrected chi connectivity index (χ2v) is 9.35. The molecule has 1 aromatic heterocycles. The van der Waals surface area contributed by atoms with Gasteiger partial charge in [0.25, 0.3) is 0 Å². The maximum Gasteiger partial charge on any atom is 0.121 e. The van der Waals surface area contributed by atoms with Crippen molar-refractivity contribution in [3.8, 4) is 5.75 Å². The van der Waals surface area contributed by atoms with Gasteiger partial charge in [-0.1, -0.05) is 29.3 Å². The van der Waals surface area contributed by atoms with Gasteiger partial charge in [-0.25, -0.2) is 4.98 Å². The van der Waals surface area contributed by atoms with E-state index in [0.717, 1.165) is 48.4 Å². The second kappa shape index (κ2) is 10.3. The van der Waals surface area contributed by atoms with Crippen LogP contribution in [0.25, 0.3) is 10.2 Å². The summed E-state index contributed by atoms with van der Waals surface area (Å²) < 4.78 is 6.84. The summed E-state index contributed by atoms with van der Waals surface area (Å²) >= 11 is 13.7. The number of aliphatic hydroxyl groups excluding tert-OH is 1. The lowest BCUT2D eigenvalue weighted by Crippen LogP contribution is -2.45. The van der Waals surface area contributed by atoms with E-state index in [9.17, 15) is 5.11 Å². The van der Waals surface area contributed by atoms with Crippen LogP contribution in [0.4, 0.5) is 0 Å². The first-order chi connectivity index (χ1) is 14.6. The summed E-state index contributed by atoms with van der Waals surface area (Å²) in [6, 6.07) is 12.0. The fraction of sp³-hybridized carbons (Fsp3) is 0.409. The van der Waals surface area contributed by atoms with Gasteiger partial charge in [0.05, 0.1) is 25.8 Å². The molecule has 0 unspecified atom stereocenters. The molecular formula is C22H25Cl2N3O2S. The van der Waals surface area contributed by atoms with Crippen LogP contribution < -0.4 is 10.1 Å². The van der Waals surface area contributed by atoms with Crippen LogP contribution >= 0.6 is 34.5 Å². The van der Waals surface area contributed by atoms with Gasteiger partial charge in [0.1, 0.15) is 18.5 Å². The summed E-state index contributed by atoms with van der Waals surface area (Å²) in [6.07, 6.45) is 1.56. The first-order valence-electron chi connectivity index (χ1n) is 10.1. The monoisotopic (exact) mass is 465 g/mol. The van der Waals surface area contributed by atoms with Crippen molar-refractivity contribution in [3.05, 3.63) is 57.5 Å². The maximum absolute atomic E-state index is 10.3. The average molecular weight is 466 g/mol. The van der Waals surface area contributed by atoms with Crippen molar-refractivity contribution in [1.82, 2.24) is 15.2 Å². The third-order valence-corrected chi connectivity index (χ3v) is 6.90. The second-order valence-electron chi connectivity index (χ2n) is 7.65. The zero-order valence-electron chi connectivity index (χ0n) is 16.6. The van der Waals surface area contributed by atoms with Crippen molar-refractivity contribution >= 4 is 44.8 Å². The Morgan fingerprint density at radius 2 is 2.00 bits per heavy atom. The maximum atomic E-state index is 10.3. The summed E-state index contributed by atoms with van der Waals surface area (Å²) in [5.41, 5.74) is 3.98. The van der Waals surface area contributed by atoms with Crippen molar-refractivity contribution in [2.75, 3.05) is 26.2 Å². The van der Waals surface area contributed by atoms with Gasteiger partial charge in [-0.3, -0.25) is 4.90 Å². The number of hydrogen-bond donors (Lipinski definition) is 2. The number of nitrogens with one attached hydrogen (secondary N) is 1. The number of nitrogens with zero attached hydrogens (tertiary/aromatic N) is 2. The van der Waals surface area contributed by atoms with Crippen molar-refractivity contribution in [2.45, 2.75) is 31.5 Å². The Hall–Kier alpha value is -1.41. The lowest BCUT2D eigenvalue weighted by Gasteiger charge is -2.33. The Balaban J connectivity index is 1.15. The number of ether oxygens (including phenoxy) is 1. The molecule has 2 aromatic carbocycles. The number of fused-ring (bicyclic) bond motifs is 1. The van der Waals surface area contributed by atoms with E-state index in [1.54, 1.807) is 11.3 Å². The molecule has 30 heavy (non-hydrogen) atoms. The van der Waals surface area contributed by atoms with Crippen LogP contribution in [0.3, 0.4) is 0 Å². The highest BCUT2D eigenvalue weighted by Gasteiger charge is 2.20. The fourth-order valence-electron chi connectivity index (χ4n) is 3.67. The van der Waals surface area contributed by atoms with E-state index < -0.39 is 6.10 Å². The van der Waals surface area contributed by atoms with Crippen LogP contribution in [0.2, 0.25) is 10.0 Å². The number of thiazole rings is 1. The number of piperidine rings is 1. The molecule has 2 heterocycles. The van der Waals surface area contributed by atoms with Crippen LogP contribution in [0.1, 0.15) is 18.4 Å². The SMILES string of the molecule is O[C@H](CNC1CCN(Cc2ccc(Cl)c(Cl)c2)CC1)COc1ccc2ncsc2c1. The molecule has 160 valence electrons. The number of likely N-dealkylation sites (tertiary alicyclic amines) is 1. The minimum Gasteiger partial charge on any atom is -0.491 e. The first-order valence-corrected chi connectivity index (χ1v) is 11.7. The third-order valence-electron chi connectivity index (χ3n) is 5.37. The molecule has 1 atom stereocenters. The predicted octanol–water partition coefficient (Wildman–Crippen LogP) is 4.60. The van der Waals surface area contributed by atoms with Gasteiger partial charge >= 0.3 is 0 Å². The molecule has 2 N–H and O–H groups in total. The van der Waals surface area contributed by atoms with Crippen molar-refractivity contribution in [1.29, 1.82) is 0 Å². The van der Waals surface area contributed by atoms with Gasteiger partial charge in [0.15, 0.2) is 0 Å². The molecule has 0 amide bonds. The van der Waals surface area contributed by atoms with E-state index >= 15 is 0 Å². The molecular weight excluding hydrogens is 441 g/mol. The van der Waals surface area contributed by atoms with E-state index in [1.807, 2.05) is 41.9 Å². The number of benzene rings is 2.